The van der Waals surface area contributed by atoms with Crippen LogP contribution < -0.4 is 15.8 Å². The lowest BCUT2D eigenvalue weighted by molar-refractivity contribution is -0.115. The highest BCUT2D eigenvalue weighted by molar-refractivity contribution is 9.10. The second-order valence-corrected chi connectivity index (χ2v) is 7.53. The molecule has 25 heavy (non-hydrogen) atoms. The van der Waals surface area contributed by atoms with Crippen molar-refractivity contribution < 1.29 is 14.3 Å². The fraction of sp³-hybridized carbons (Fsp3) is 0.222. The molecule has 0 saturated heterocycles. The standard InChI is InChI=1S/C18H17BrN2O3S/c19-11-5-6-15-13(9-11)14(7-8-24-15)21-18(23)12-3-1-2-4-16(12)25-10-17(20)22/h1-6,9,14H,7-8,10H2,(H2,20,22)(H,21,23). The third kappa shape index (κ3) is 4.35. The van der Waals surface area contributed by atoms with Crippen molar-refractivity contribution in [1.82, 2.24) is 5.32 Å². The summed E-state index contributed by atoms with van der Waals surface area (Å²) in [6.45, 7) is 0.553. The number of thioether (sulfide) groups is 1. The molecular formula is C18H17BrN2O3S. The number of nitrogens with two attached hydrogens (primary N) is 1. The Kier molecular flexibility index (Phi) is 5.65. The van der Waals surface area contributed by atoms with E-state index in [-0.39, 0.29) is 17.7 Å². The van der Waals surface area contributed by atoms with E-state index < -0.39 is 5.91 Å². The van der Waals surface area contributed by atoms with Gasteiger partial charge in [0.05, 0.1) is 24.0 Å². The van der Waals surface area contributed by atoms with Crippen molar-refractivity contribution in [1.29, 1.82) is 0 Å². The van der Waals surface area contributed by atoms with Gasteiger partial charge in [0.15, 0.2) is 0 Å². The van der Waals surface area contributed by atoms with Crippen LogP contribution in [0.2, 0.25) is 0 Å². The van der Waals surface area contributed by atoms with E-state index in [1.165, 1.54) is 11.8 Å². The predicted octanol–water partition coefficient (Wildman–Crippen LogP) is 3.28. The first kappa shape index (κ1) is 17.8. The number of carbonyl (C=O) groups excluding carboxylic acids is 2. The molecule has 1 unspecified atom stereocenters. The van der Waals surface area contributed by atoms with Crippen LogP contribution in [0.3, 0.4) is 0 Å². The topological polar surface area (TPSA) is 81.4 Å². The van der Waals surface area contributed by atoms with Crippen molar-refractivity contribution in [2.45, 2.75) is 17.4 Å². The van der Waals surface area contributed by atoms with Gasteiger partial charge in [-0.15, -0.1) is 11.8 Å². The Morgan fingerprint density at radius 1 is 1.28 bits per heavy atom. The van der Waals surface area contributed by atoms with E-state index in [0.29, 0.717) is 18.6 Å². The predicted molar refractivity (Wildman–Crippen MR) is 101 cm³/mol. The highest BCUT2D eigenvalue weighted by Gasteiger charge is 2.24. The minimum atomic E-state index is -0.414. The van der Waals surface area contributed by atoms with Crippen molar-refractivity contribution in [2.75, 3.05) is 12.4 Å². The summed E-state index contributed by atoms with van der Waals surface area (Å²) in [5.74, 6) is 0.335. The van der Waals surface area contributed by atoms with Gasteiger partial charge in [0.2, 0.25) is 5.91 Å². The van der Waals surface area contributed by atoms with E-state index in [0.717, 1.165) is 20.7 Å². The third-order valence-electron chi connectivity index (χ3n) is 3.82. The normalized spacial score (nSPS) is 15.8. The minimum Gasteiger partial charge on any atom is -0.493 e. The molecule has 1 aliphatic heterocycles. The van der Waals surface area contributed by atoms with Crippen LogP contribution in [0.15, 0.2) is 51.8 Å². The van der Waals surface area contributed by atoms with Crippen LogP contribution in [0.25, 0.3) is 0 Å². The Morgan fingerprint density at radius 2 is 2.08 bits per heavy atom. The van der Waals surface area contributed by atoms with Crippen molar-refractivity contribution in [3.05, 3.63) is 58.1 Å². The Hall–Kier alpha value is -1.99. The van der Waals surface area contributed by atoms with E-state index >= 15 is 0 Å². The van der Waals surface area contributed by atoms with Gasteiger partial charge < -0.3 is 15.8 Å². The summed E-state index contributed by atoms with van der Waals surface area (Å²) in [5.41, 5.74) is 6.70. The lowest BCUT2D eigenvalue weighted by atomic mass is 10.00. The summed E-state index contributed by atoms with van der Waals surface area (Å²) in [5, 5.41) is 3.08. The zero-order valence-electron chi connectivity index (χ0n) is 13.3. The molecule has 3 rings (SSSR count). The number of fused-ring (bicyclic) bond motifs is 1. The molecule has 2 aromatic rings. The maximum atomic E-state index is 12.8. The number of hydrogen-bond donors (Lipinski definition) is 2. The Labute approximate surface area is 158 Å². The van der Waals surface area contributed by atoms with Crippen LogP contribution in [0.5, 0.6) is 5.75 Å². The molecule has 7 heteroatoms. The van der Waals surface area contributed by atoms with Crippen LogP contribution in [0.1, 0.15) is 28.4 Å². The quantitative estimate of drug-likeness (QED) is 0.727. The Bertz CT molecular complexity index is 813. The van der Waals surface area contributed by atoms with Gasteiger partial charge in [-0.25, -0.2) is 0 Å². The van der Waals surface area contributed by atoms with Crippen molar-refractivity contribution in [2.24, 2.45) is 5.73 Å². The molecule has 2 aromatic carbocycles. The van der Waals surface area contributed by atoms with E-state index in [2.05, 4.69) is 21.2 Å². The Morgan fingerprint density at radius 3 is 2.88 bits per heavy atom. The van der Waals surface area contributed by atoms with Gasteiger partial charge in [-0.05, 0) is 30.3 Å². The molecule has 130 valence electrons. The van der Waals surface area contributed by atoms with Gasteiger partial charge >= 0.3 is 0 Å². The summed E-state index contributed by atoms with van der Waals surface area (Å²) in [6.07, 6.45) is 0.700. The first-order chi connectivity index (χ1) is 12.0. The van der Waals surface area contributed by atoms with E-state index in [1.807, 2.05) is 30.3 Å². The van der Waals surface area contributed by atoms with Gasteiger partial charge in [-0.3, -0.25) is 9.59 Å². The molecule has 0 fully saturated rings. The number of rotatable bonds is 5. The average molecular weight is 421 g/mol. The summed E-state index contributed by atoms with van der Waals surface area (Å²) >= 11 is 4.73. The van der Waals surface area contributed by atoms with E-state index in [4.69, 9.17) is 10.5 Å². The number of halogens is 1. The molecule has 0 aromatic heterocycles. The van der Waals surface area contributed by atoms with Crippen molar-refractivity contribution in [3.8, 4) is 5.75 Å². The summed E-state index contributed by atoms with van der Waals surface area (Å²) in [4.78, 5) is 24.5. The largest absolute Gasteiger partial charge is 0.493 e. The first-order valence-corrected chi connectivity index (χ1v) is 9.55. The second-order valence-electron chi connectivity index (χ2n) is 5.60. The maximum absolute atomic E-state index is 12.8. The highest BCUT2D eigenvalue weighted by atomic mass is 79.9. The van der Waals surface area contributed by atoms with Crippen LogP contribution in [-0.2, 0) is 4.79 Å². The van der Waals surface area contributed by atoms with Crippen LogP contribution in [0.4, 0.5) is 0 Å². The maximum Gasteiger partial charge on any atom is 0.252 e. The summed E-state index contributed by atoms with van der Waals surface area (Å²) in [6, 6.07) is 12.9. The number of carbonyl (C=O) groups is 2. The molecule has 0 aliphatic carbocycles. The van der Waals surface area contributed by atoms with Crippen molar-refractivity contribution in [3.63, 3.8) is 0 Å². The molecular weight excluding hydrogens is 404 g/mol. The third-order valence-corrected chi connectivity index (χ3v) is 5.41. The van der Waals surface area contributed by atoms with Crippen LogP contribution in [0, 0.1) is 0 Å². The SMILES string of the molecule is NC(=O)CSc1ccccc1C(=O)NC1CCOc2ccc(Br)cc21. The lowest BCUT2D eigenvalue weighted by Crippen LogP contribution is -2.32. The van der Waals surface area contributed by atoms with Gasteiger partial charge in [0.25, 0.3) is 5.91 Å². The molecule has 0 radical (unpaired) electrons. The zero-order valence-corrected chi connectivity index (χ0v) is 15.7. The Balaban J connectivity index is 1.80. The summed E-state index contributed by atoms with van der Waals surface area (Å²) < 4.78 is 6.60. The van der Waals surface area contributed by atoms with Crippen LogP contribution in [-0.4, -0.2) is 24.2 Å². The monoisotopic (exact) mass is 420 g/mol. The number of ether oxygens (including phenoxy) is 1. The first-order valence-electron chi connectivity index (χ1n) is 7.78. The molecule has 3 N–H and O–H groups in total. The number of hydrogen-bond acceptors (Lipinski definition) is 4. The van der Waals surface area contributed by atoms with Gasteiger partial charge in [0.1, 0.15) is 5.75 Å². The fourth-order valence-electron chi connectivity index (χ4n) is 2.68. The lowest BCUT2D eigenvalue weighted by Gasteiger charge is -2.27. The molecule has 0 saturated carbocycles. The van der Waals surface area contributed by atoms with E-state index in [1.54, 1.807) is 12.1 Å². The number of nitrogens with one attached hydrogen (secondary N) is 1. The number of benzene rings is 2. The molecule has 1 heterocycles. The average Bonchev–Trinajstić information content (AvgIpc) is 2.60. The summed E-state index contributed by atoms with van der Waals surface area (Å²) in [7, 11) is 0. The highest BCUT2D eigenvalue weighted by Crippen LogP contribution is 2.34. The second kappa shape index (κ2) is 7.93. The molecule has 0 bridgehead atoms. The van der Waals surface area contributed by atoms with Crippen molar-refractivity contribution >= 4 is 39.5 Å². The smallest absolute Gasteiger partial charge is 0.252 e. The van der Waals surface area contributed by atoms with E-state index in [9.17, 15) is 9.59 Å². The minimum absolute atomic E-state index is 0.122. The number of primary amides is 1. The number of amides is 2. The molecule has 5 nitrogen and oxygen atoms in total. The molecule has 1 atom stereocenters. The van der Waals surface area contributed by atoms with Gasteiger partial charge in [0, 0.05) is 21.4 Å². The molecule has 0 spiro atoms. The van der Waals surface area contributed by atoms with Gasteiger partial charge in [-0.2, -0.15) is 0 Å². The zero-order chi connectivity index (χ0) is 17.8. The molecule has 1 aliphatic rings. The van der Waals surface area contributed by atoms with Gasteiger partial charge in [-0.1, -0.05) is 28.1 Å². The molecule has 2 amide bonds. The fourth-order valence-corrected chi connectivity index (χ4v) is 3.85. The van der Waals surface area contributed by atoms with Crippen LogP contribution >= 0.6 is 27.7 Å².